The zero-order chi connectivity index (χ0) is 15.9. The molecule has 1 aromatic heterocycles. The number of benzene rings is 2. The summed E-state index contributed by atoms with van der Waals surface area (Å²) in [6.07, 6.45) is 0. The molecule has 1 nitrogen and oxygen atoms in total. The van der Waals surface area contributed by atoms with Crippen LogP contribution in [0.1, 0.15) is 33.8 Å². The number of rotatable bonds is 4. The number of thiophene rings is 1. The molecule has 1 N–H and O–H groups in total. The van der Waals surface area contributed by atoms with Crippen LogP contribution in [0.4, 0.5) is 0 Å². The molecule has 0 fully saturated rings. The van der Waals surface area contributed by atoms with Crippen molar-refractivity contribution in [3.8, 4) is 11.8 Å². The van der Waals surface area contributed by atoms with Gasteiger partial charge in [0.25, 0.3) is 0 Å². The zero-order valence-corrected chi connectivity index (χ0v) is 13.9. The Kier molecular flexibility index (Phi) is 5.26. The first-order valence-corrected chi connectivity index (χ1v) is 8.57. The van der Waals surface area contributed by atoms with Crippen molar-refractivity contribution in [3.63, 3.8) is 0 Å². The van der Waals surface area contributed by atoms with E-state index in [-0.39, 0.29) is 0 Å². The Morgan fingerprint density at radius 1 is 0.870 bits per heavy atom. The lowest BCUT2D eigenvalue weighted by Gasteiger charge is -2.13. The van der Waals surface area contributed by atoms with Crippen LogP contribution >= 0.6 is 11.3 Å². The molecule has 1 heterocycles. The summed E-state index contributed by atoms with van der Waals surface area (Å²) in [6, 6.07) is 25.2. The first-order valence-electron chi connectivity index (χ1n) is 7.75. The van der Waals surface area contributed by atoms with Crippen LogP contribution in [0, 0.1) is 11.8 Å². The van der Waals surface area contributed by atoms with E-state index in [1.165, 1.54) is 10.4 Å². The molecule has 0 aliphatic carbocycles. The van der Waals surface area contributed by atoms with E-state index >= 15 is 0 Å². The molecule has 0 bridgehead atoms. The molecule has 0 saturated carbocycles. The third-order valence-corrected chi connectivity index (χ3v) is 4.65. The van der Waals surface area contributed by atoms with E-state index < -0.39 is 0 Å². The summed E-state index contributed by atoms with van der Waals surface area (Å²) in [6.45, 7) is 3.06. The van der Waals surface area contributed by atoms with Crippen molar-refractivity contribution in [2.45, 2.75) is 19.5 Å². The van der Waals surface area contributed by atoms with Gasteiger partial charge in [-0.15, -0.1) is 11.3 Å². The second-order valence-electron chi connectivity index (χ2n) is 5.40. The van der Waals surface area contributed by atoms with Crippen LogP contribution in [0.2, 0.25) is 0 Å². The molecule has 0 aliphatic heterocycles. The first-order chi connectivity index (χ1) is 11.3. The third-order valence-electron chi connectivity index (χ3n) is 3.65. The van der Waals surface area contributed by atoms with Crippen molar-refractivity contribution >= 4 is 11.3 Å². The average molecular weight is 317 g/mol. The minimum Gasteiger partial charge on any atom is -0.305 e. The standard InChI is InChI=1S/C21H19NS/c1-17(19-10-6-3-7-11-19)22-16-21-15-14-20(23-21)13-12-18-8-4-2-5-9-18/h2-11,14-15,17,22H,16H2,1H3/t17-/m1/s1. The van der Waals surface area contributed by atoms with Gasteiger partial charge in [-0.2, -0.15) is 0 Å². The lowest BCUT2D eigenvalue weighted by molar-refractivity contribution is 0.579. The minimum absolute atomic E-state index is 0.345. The molecule has 3 aromatic rings. The lowest BCUT2D eigenvalue weighted by atomic mass is 10.1. The van der Waals surface area contributed by atoms with Gasteiger partial charge in [0.2, 0.25) is 0 Å². The Morgan fingerprint density at radius 3 is 2.30 bits per heavy atom. The Hall–Kier alpha value is -2.34. The smallest absolute Gasteiger partial charge is 0.0775 e. The molecular weight excluding hydrogens is 298 g/mol. The van der Waals surface area contributed by atoms with Crippen LogP contribution in [-0.2, 0) is 6.54 Å². The average Bonchev–Trinajstić information content (AvgIpc) is 3.07. The molecule has 0 radical (unpaired) electrons. The molecule has 2 aromatic carbocycles. The van der Waals surface area contributed by atoms with Crippen LogP contribution in [0.25, 0.3) is 0 Å². The number of hydrogen-bond acceptors (Lipinski definition) is 2. The monoisotopic (exact) mass is 317 g/mol. The van der Waals surface area contributed by atoms with Crippen LogP contribution in [0.15, 0.2) is 72.8 Å². The highest BCUT2D eigenvalue weighted by molar-refractivity contribution is 7.12. The van der Waals surface area contributed by atoms with E-state index in [0.29, 0.717) is 6.04 Å². The maximum absolute atomic E-state index is 3.56. The largest absolute Gasteiger partial charge is 0.305 e. The highest BCUT2D eigenvalue weighted by Crippen LogP contribution is 2.18. The quantitative estimate of drug-likeness (QED) is 0.668. The van der Waals surface area contributed by atoms with Crippen molar-refractivity contribution in [3.05, 3.63) is 93.7 Å². The molecule has 0 spiro atoms. The van der Waals surface area contributed by atoms with Gasteiger partial charge in [-0.05, 0) is 36.8 Å². The summed E-state index contributed by atoms with van der Waals surface area (Å²) in [4.78, 5) is 2.42. The fourth-order valence-electron chi connectivity index (χ4n) is 2.31. The number of nitrogens with one attached hydrogen (secondary N) is 1. The summed E-state index contributed by atoms with van der Waals surface area (Å²) in [5.41, 5.74) is 2.37. The van der Waals surface area contributed by atoms with Crippen molar-refractivity contribution in [2.75, 3.05) is 0 Å². The Bertz CT molecular complexity index is 794. The van der Waals surface area contributed by atoms with Gasteiger partial charge in [-0.1, -0.05) is 60.4 Å². The second kappa shape index (κ2) is 7.78. The van der Waals surface area contributed by atoms with Gasteiger partial charge in [-0.25, -0.2) is 0 Å². The molecule has 23 heavy (non-hydrogen) atoms. The molecule has 0 aliphatic rings. The van der Waals surface area contributed by atoms with Crippen LogP contribution < -0.4 is 5.32 Å². The minimum atomic E-state index is 0.345. The molecule has 3 rings (SSSR count). The summed E-state index contributed by atoms with van der Waals surface area (Å²) in [5, 5.41) is 3.56. The molecular formula is C21H19NS. The first kappa shape index (κ1) is 15.6. The van der Waals surface area contributed by atoms with Crippen molar-refractivity contribution in [1.82, 2.24) is 5.32 Å². The summed E-state index contributed by atoms with van der Waals surface area (Å²) in [5.74, 6) is 6.45. The predicted octanol–water partition coefficient (Wildman–Crippen LogP) is 5.00. The van der Waals surface area contributed by atoms with Gasteiger partial charge >= 0.3 is 0 Å². The molecule has 1 atom stereocenters. The molecule has 2 heteroatoms. The Balaban J connectivity index is 1.59. The van der Waals surface area contributed by atoms with E-state index in [2.05, 4.69) is 60.5 Å². The van der Waals surface area contributed by atoms with Crippen LogP contribution in [0.5, 0.6) is 0 Å². The number of hydrogen-bond donors (Lipinski definition) is 1. The molecule has 0 amide bonds. The normalized spacial score (nSPS) is 11.5. The van der Waals surface area contributed by atoms with E-state index in [9.17, 15) is 0 Å². The predicted molar refractivity (Wildman–Crippen MR) is 98.4 cm³/mol. The maximum Gasteiger partial charge on any atom is 0.0775 e. The van der Waals surface area contributed by atoms with Gasteiger partial charge in [-0.3, -0.25) is 0 Å². The Morgan fingerprint density at radius 2 is 1.57 bits per heavy atom. The molecule has 114 valence electrons. The Labute approximate surface area is 142 Å². The summed E-state index contributed by atoms with van der Waals surface area (Å²) < 4.78 is 0. The van der Waals surface area contributed by atoms with Gasteiger partial charge in [0, 0.05) is 23.0 Å². The van der Waals surface area contributed by atoms with E-state index in [0.717, 1.165) is 17.0 Å². The van der Waals surface area contributed by atoms with Gasteiger partial charge in [0.05, 0.1) is 4.88 Å². The topological polar surface area (TPSA) is 12.0 Å². The summed E-state index contributed by atoms with van der Waals surface area (Å²) in [7, 11) is 0. The zero-order valence-electron chi connectivity index (χ0n) is 13.1. The summed E-state index contributed by atoms with van der Waals surface area (Å²) >= 11 is 1.75. The van der Waals surface area contributed by atoms with Crippen LogP contribution in [0.3, 0.4) is 0 Å². The van der Waals surface area contributed by atoms with E-state index in [4.69, 9.17) is 0 Å². The van der Waals surface area contributed by atoms with E-state index in [1.54, 1.807) is 11.3 Å². The fraction of sp³-hybridized carbons (Fsp3) is 0.143. The van der Waals surface area contributed by atoms with Gasteiger partial charge < -0.3 is 5.32 Å². The van der Waals surface area contributed by atoms with Crippen molar-refractivity contribution < 1.29 is 0 Å². The third kappa shape index (κ3) is 4.56. The molecule has 0 unspecified atom stereocenters. The van der Waals surface area contributed by atoms with Crippen molar-refractivity contribution in [1.29, 1.82) is 0 Å². The SMILES string of the molecule is C[C@@H](NCc1ccc(C#Cc2ccccc2)s1)c1ccccc1. The highest BCUT2D eigenvalue weighted by atomic mass is 32.1. The lowest BCUT2D eigenvalue weighted by Crippen LogP contribution is -2.17. The van der Waals surface area contributed by atoms with Crippen LogP contribution in [-0.4, -0.2) is 0 Å². The highest BCUT2D eigenvalue weighted by Gasteiger charge is 2.05. The second-order valence-corrected chi connectivity index (χ2v) is 6.56. The molecule has 0 saturated heterocycles. The fourth-order valence-corrected chi connectivity index (χ4v) is 3.12. The van der Waals surface area contributed by atoms with Gasteiger partial charge in [0.1, 0.15) is 0 Å². The van der Waals surface area contributed by atoms with Crippen molar-refractivity contribution in [2.24, 2.45) is 0 Å². The van der Waals surface area contributed by atoms with Gasteiger partial charge in [0.15, 0.2) is 0 Å². The maximum atomic E-state index is 3.56. The van der Waals surface area contributed by atoms with E-state index in [1.807, 2.05) is 36.4 Å².